The average molecular weight is 324 g/mol. The van der Waals surface area contributed by atoms with Gasteiger partial charge in [-0.3, -0.25) is 14.4 Å². The van der Waals surface area contributed by atoms with Gasteiger partial charge in [-0.25, -0.2) is 0 Å². The van der Waals surface area contributed by atoms with Crippen LogP contribution in [-0.4, -0.2) is 34.0 Å². The van der Waals surface area contributed by atoms with Crippen LogP contribution in [0.25, 0.3) is 0 Å². The first-order chi connectivity index (χ1) is 10.5. The Morgan fingerprint density at radius 1 is 1.30 bits per heavy atom. The van der Waals surface area contributed by atoms with Gasteiger partial charge in [0.1, 0.15) is 5.54 Å². The quantitative estimate of drug-likeness (QED) is 0.673. The van der Waals surface area contributed by atoms with Crippen LogP contribution in [0, 0.1) is 11.8 Å². The molecule has 0 radical (unpaired) electrons. The van der Waals surface area contributed by atoms with E-state index in [1.54, 1.807) is 6.08 Å². The lowest BCUT2D eigenvalue weighted by molar-refractivity contribution is -0.144. The number of hydrogen-bond acceptors (Lipinski definition) is 3. The van der Waals surface area contributed by atoms with Gasteiger partial charge in [0.05, 0.1) is 6.42 Å². The van der Waals surface area contributed by atoms with Crippen molar-refractivity contribution in [3.8, 4) is 0 Å². The number of amides is 2. The third-order valence-corrected chi connectivity index (χ3v) is 4.21. The van der Waals surface area contributed by atoms with Crippen molar-refractivity contribution in [2.75, 3.05) is 0 Å². The Kier molecular flexibility index (Phi) is 5.97. The number of rotatable bonds is 5. The predicted molar refractivity (Wildman–Crippen MR) is 87.7 cm³/mol. The van der Waals surface area contributed by atoms with Crippen LogP contribution in [0.2, 0.25) is 0 Å². The van der Waals surface area contributed by atoms with E-state index >= 15 is 0 Å². The highest BCUT2D eigenvalue weighted by Crippen LogP contribution is 2.40. The van der Waals surface area contributed by atoms with Crippen LogP contribution >= 0.6 is 0 Å². The maximum absolute atomic E-state index is 13.0. The maximum atomic E-state index is 13.0. The van der Waals surface area contributed by atoms with Crippen molar-refractivity contribution in [2.24, 2.45) is 11.8 Å². The lowest BCUT2D eigenvalue weighted by atomic mass is 9.66. The Bertz CT molecular complexity index is 495. The largest absolute Gasteiger partial charge is 0.481 e. The molecule has 3 unspecified atom stereocenters. The number of carboxylic acids is 1. The van der Waals surface area contributed by atoms with Crippen molar-refractivity contribution in [2.45, 2.75) is 64.5 Å². The van der Waals surface area contributed by atoms with Gasteiger partial charge in [-0.1, -0.05) is 6.08 Å². The number of carbonyl (C=O) groups excluding carboxylic acids is 2. The van der Waals surface area contributed by atoms with Crippen LogP contribution in [-0.2, 0) is 14.4 Å². The lowest BCUT2D eigenvalue weighted by Crippen LogP contribution is -2.67. The summed E-state index contributed by atoms with van der Waals surface area (Å²) in [5, 5.41) is 14.9. The van der Waals surface area contributed by atoms with Gasteiger partial charge >= 0.3 is 5.97 Å². The SMILES string of the molecule is C=CC1CCC(CC(=O)O)C(NC(C)=O)(C(=O)NC(C)(C)C)C1. The van der Waals surface area contributed by atoms with E-state index in [1.165, 1.54) is 6.92 Å². The first kappa shape index (κ1) is 19.2. The molecule has 1 aliphatic rings. The number of allylic oxidation sites excluding steroid dienone is 1. The molecule has 1 rings (SSSR count). The summed E-state index contributed by atoms with van der Waals surface area (Å²) in [5.41, 5.74) is -1.69. The van der Waals surface area contributed by atoms with Crippen molar-refractivity contribution < 1.29 is 19.5 Å². The zero-order chi connectivity index (χ0) is 17.8. The molecule has 6 nitrogen and oxygen atoms in total. The number of nitrogens with one attached hydrogen (secondary N) is 2. The smallest absolute Gasteiger partial charge is 0.303 e. The van der Waals surface area contributed by atoms with Crippen LogP contribution in [0.1, 0.15) is 53.4 Å². The minimum absolute atomic E-state index is 0.0672. The molecule has 0 bridgehead atoms. The molecule has 0 aromatic heterocycles. The molecule has 0 aliphatic heterocycles. The van der Waals surface area contributed by atoms with E-state index in [-0.39, 0.29) is 24.2 Å². The Hall–Kier alpha value is -1.85. The summed E-state index contributed by atoms with van der Waals surface area (Å²) in [4.78, 5) is 36.0. The summed E-state index contributed by atoms with van der Waals surface area (Å²) >= 11 is 0. The normalized spacial score (nSPS) is 27.8. The number of carbonyl (C=O) groups is 3. The molecule has 0 heterocycles. The third-order valence-electron chi connectivity index (χ3n) is 4.21. The van der Waals surface area contributed by atoms with Crippen LogP contribution < -0.4 is 10.6 Å². The standard InChI is InChI=1S/C17H28N2O4/c1-6-12-7-8-13(9-14(21)22)17(10-12,18-11(2)20)15(23)19-16(3,4)5/h6,12-13H,1,7-10H2,2-5H3,(H,18,20)(H,19,23)(H,21,22). The first-order valence-electron chi connectivity index (χ1n) is 7.96. The molecular weight excluding hydrogens is 296 g/mol. The van der Waals surface area contributed by atoms with Crippen LogP contribution in [0.3, 0.4) is 0 Å². The highest BCUT2D eigenvalue weighted by atomic mass is 16.4. The highest BCUT2D eigenvalue weighted by molar-refractivity contribution is 5.92. The zero-order valence-electron chi connectivity index (χ0n) is 14.4. The van der Waals surface area contributed by atoms with Gasteiger partial charge in [0.15, 0.2) is 0 Å². The topological polar surface area (TPSA) is 95.5 Å². The second-order valence-corrected chi connectivity index (χ2v) is 7.43. The second-order valence-electron chi connectivity index (χ2n) is 7.43. The van der Waals surface area contributed by atoms with Crippen LogP contribution in [0.15, 0.2) is 12.7 Å². The van der Waals surface area contributed by atoms with Crippen LogP contribution in [0.5, 0.6) is 0 Å². The summed E-state index contributed by atoms with van der Waals surface area (Å²) in [6.07, 6.45) is 3.32. The van der Waals surface area contributed by atoms with E-state index in [2.05, 4.69) is 17.2 Å². The summed E-state index contributed by atoms with van der Waals surface area (Å²) in [7, 11) is 0. The van der Waals surface area contributed by atoms with E-state index in [4.69, 9.17) is 0 Å². The summed E-state index contributed by atoms with van der Waals surface area (Å²) in [5.74, 6) is -2.00. The summed E-state index contributed by atoms with van der Waals surface area (Å²) in [6, 6.07) is 0. The fraction of sp³-hybridized carbons (Fsp3) is 0.706. The Balaban J connectivity index is 3.26. The predicted octanol–water partition coefficient (Wildman–Crippen LogP) is 1.85. The summed E-state index contributed by atoms with van der Waals surface area (Å²) in [6.45, 7) is 10.7. The molecule has 0 aromatic carbocycles. The minimum Gasteiger partial charge on any atom is -0.481 e. The van der Waals surface area contributed by atoms with Gasteiger partial charge < -0.3 is 15.7 Å². The molecule has 2 amide bonds. The molecule has 6 heteroatoms. The molecule has 0 spiro atoms. The molecule has 0 saturated heterocycles. The molecule has 3 atom stereocenters. The van der Waals surface area contributed by atoms with Gasteiger partial charge in [-0.15, -0.1) is 6.58 Å². The van der Waals surface area contributed by atoms with Crippen molar-refractivity contribution in [3.63, 3.8) is 0 Å². The Labute approximate surface area is 137 Å². The number of aliphatic carboxylic acids is 1. The molecule has 1 fully saturated rings. The van der Waals surface area contributed by atoms with Gasteiger partial charge in [-0.05, 0) is 46.0 Å². The van der Waals surface area contributed by atoms with Crippen molar-refractivity contribution in [3.05, 3.63) is 12.7 Å². The van der Waals surface area contributed by atoms with E-state index in [0.29, 0.717) is 12.8 Å². The number of carboxylic acid groups (broad SMARTS) is 1. The monoisotopic (exact) mass is 324 g/mol. The molecule has 130 valence electrons. The van der Waals surface area contributed by atoms with E-state index in [0.717, 1.165) is 6.42 Å². The van der Waals surface area contributed by atoms with Gasteiger partial charge in [0, 0.05) is 18.4 Å². The zero-order valence-corrected chi connectivity index (χ0v) is 14.4. The molecule has 1 saturated carbocycles. The van der Waals surface area contributed by atoms with Crippen molar-refractivity contribution >= 4 is 17.8 Å². The van der Waals surface area contributed by atoms with E-state index in [1.807, 2.05) is 20.8 Å². The Morgan fingerprint density at radius 2 is 1.91 bits per heavy atom. The van der Waals surface area contributed by atoms with E-state index in [9.17, 15) is 19.5 Å². The third kappa shape index (κ3) is 5.08. The molecule has 3 N–H and O–H groups in total. The van der Waals surface area contributed by atoms with Gasteiger partial charge in [-0.2, -0.15) is 0 Å². The highest BCUT2D eigenvalue weighted by Gasteiger charge is 2.51. The Morgan fingerprint density at radius 3 is 2.35 bits per heavy atom. The van der Waals surface area contributed by atoms with Crippen molar-refractivity contribution in [1.29, 1.82) is 0 Å². The van der Waals surface area contributed by atoms with Gasteiger partial charge in [0.25, 0.3) is 0 Å². The molecule has 0 aromatic rings. The maximum Gasteiger partial charge on any atom is 0.303 e. The van der Waals surface area contributed by atoms with Crippen LogP contribution in [0.4, 0.5) is 0 Å². The first-order valence-corrected chi connectivity index (χ1v) is 7.96. The van der Waals surface area contributed by atoms with Gasteiger partial charge in [0.2, 0.25) is 11.8 Å². The second kappa shape index (κ2) is 7.15. The lowest BCUT2D eigenvalue weighted by Gasteiger charge is -2.46. The summed E-state index contributed by atoms with van der Waals surface area (Å²) < 4.78 is 0. The average Bonchev–Trinajstić information content (AvgIpc) is 2.37. The fourth-order valence-electron chi connectivity index (χ4n) is 3.29. The minimum atomic E-state index is -1.21. The molecule has 23 heavy (non-hydrogen) atoms. The molecular formula is C17H28N2O4. The molecule has 1 aliphatic carbocycles. The van der Waals surface area contributed by atoms with E-state index < -0.39 is 23.0 Å². The fourth-order valence-corrected chi connectivity index (χ4v) is 3.29. The number of hydrogen-bond donors (Lipinski definition) is 3. The van der Waals surface area contributed by atoms with Crippen molar-refractivity contribution in [1.82, 2.24) is 10.6 Å².